The predicted molar refractivity (Wildman–Crippen MR) is 88.7 cm³/mol. The lowest BCUT2D eigenvalue weighted by atomic mass is 9.76. The largest absolute Gasteiger partial charge is 0.465 e. The van der Waals surface area contributed by atoms with Gasteiger partial charge in [-0.15, -0.1) is 0 Å². The molecule has 0 bridgehead atoms. The van der Waals surface area contributed by atoms with E-state index in [2.05, 4.69) is 16.9 Å². The van der Waals surface area contributed by atoms with Gasteiger partial charge in [-0.05, 0) is 32.4 Å². The lowest BCUT2D eigenvalue weighted by molar-refractivity contribution is -0.147. The van der Waals surface area contributed by atoms with E-state index in [-0.39, 0.29) is 13.2 Å². The number of hydrogen-bond acceptors (Lipinski definition) is 6. The van der Waals surface area contributed by atoms with Crippen LogP contribution in [0, 0.1) is 5.92 Å². The molecule has 2 heterocycles. The van der Waals surface area contributed by atoms with Crippen molar-refractivity contribution in [1.29, 1.82) is 0 Å². The molecule has 24 heavy (non-hydrogen) atoms. The van der Waals surface area contributed by atoms with Crippen LogP contribution in [0.3, 0.4) is 0 Å². The van der Waals surface area contributed by atoms with Crippen LogP contribution in [0.25, 0.3) is 0 Å². The minimum absolute atomic E-state index is 0.250. The summed E-state index contributed by atoms with van der Waals surface area (Å²) < 4.78 is 10.4. The second-order valence-corrected chi connectivity index (χ2v) is 5.40. The quantitative estimate of drug-likeness (QED) is 0.835. The molecule has 1 aromatic heterocycles. The first kappa shape index (κ1) is 17.7. The second kappa shape index (κ2) is 7.77. The molecule has 1 aliphatic heterocycles. The van der Waals surface area contributed by atoms with E-state index < -0.39 is 23.8 Å². The van der Waals surface area contributed by atoms with Gasteiger partial charge < -0.3 is 14.8 Å². The molecular weight excluding hydrogens is 308 g/mol. The molecule has 0 amide bonds. The molecule has 0 aliphatic carbocycles. The summed E-state index contributed by atoms with van der Waals surface area (Å²) >= 11 is 0. The van der Waals surface area contributed by atoms with Crippen molar-refractivity contribution in [1.82, 2.24) is 10.3 Å². The van der Waals surface area contributed by atoms with Gasteiger partial charge in [0.1, 0.15) is 5.92 Å². The molecule has 6 nitrogen and oxygen atoms in total. The van der Waals surface area contributed by atoms with Crippen LogP contribution >= 0.6 is 0 Å². The molecule has 0 fully saturated rings. The van der Waals surface area contributed by atoms with Gasteiger partial charge in [0, 0.05) is 29.7 Å². The molecule has 2 unspecified atom stereocenters. The first-order valence-electron chi connectivity index (χ1n) is 7.91. The summed E-state index contributed by atoms with van der Waals surface area (Å²) in [4.78, 5) is 29.1. The van der Waals surface area contributed by atoms with Crippen LogP contribution in [0.5, 0.6) is 0 Å². The Bertz CT molecular complexity index is 667. The van der Waals surface area contributed by atoms with Gasteiger partial charge in [-0.2, -0.15) is 0 Å². The van der Waals surface area contributed by atoms with Gasteiger partial charge >= 0.3 is 11.9 Å². The van der Waals surface area contributed by atoms with Crippen LogP contribution in [0.15, 0.2) is 48.1 Å². The summed E-state index contributed by atoms with van der Waals surface area (Å²) in [5, 5.41) is 3.02. The van der Waals surface area contributed by atoms with E-state index in [0.29, 0.717) is 17.0 Å². The molecule has 2 rings (SSSR count). The fraction of sp³-hybridized carbons (Fsp3) is 0.389. The van der Waals surface area contributed by atoms with Crippen LogP contribution < -0.4 is 5.32 Å². The number of esters is 2. The molecule has 1 N–H and O–H groups in total. The van der Waals surface area contributed by atoms with Crippen molar-refractivity contribution in [3.8, 4) is 0 Å². The van der Waals surface area contributed by atoms with E-state index in [1.165, 1.54) is 0 Å². The van der Waals surface area contributed by atoms with Crippen molar-refractivity contribution in [3.05, 3.63) is 53.6 Å². The monoisotopic (exact) mass is 330 g/mol. The van der Waals surface area contributed by atoms with Gasteiger partial charge in [0.2, 0.25) is 0 Å². The van der Waals surface area contributed by atoms with Gasteiger partial charge in [-0.1, -0.05) is 12.6 Å². The first-order chi connectivity index (χ1) is 11.5. The van der Waals surface area contributed by atoms with Crippen LogP contribution in [-0.4, -0.2) is 30.1 Å². The molecule has 6 heteroatoms. The summed E-state index contributed by atoms with van der Waals surface area (Å²) in [6.45, 7) is 9.69. The van der Waals surface area contributed by atoms with E-state index in [1.807, 2.05) is 6.07 Å². The maximum Gasteiger partial charge on any atom is 0.336 e. The Morgan fingerprint density at radius 3 is 2.58 bits per heavy atom. The van der Waals surface area contributed by atoms with Crippen molar-refractivity contribution in [2.24, 2.45) is 5.92 Å². The van der Waals surface area contributed by atoms with Crippen LogP contribution in [0.2, 0.25) is 0 Å². The highest BCUT2D eigenvalue weighted by molar-refractivity contribution is 5.94. The normalized spacial score (nSPS) is 20.4. The fourth-order valence-electron chi connectivity index (χ4n) is 2.91. The predicted octanol–water partition coefficient (Wildman–Crippen LogP) is 2.30. The van der Waals surface area contributed by atoms with E-state index in [0.717, 1.165) is 5.56 Å². The number of carbonyl (C=O) groups is 2. The number of hydrogen-bond donors (Lipinski definition) is 1. The zero-order chi connectivity index (χ0) is 17.7. The number of aromatic nitrogens is 1. The number of nitrogens with one attached hydrogen (secondary N) is 1. The van der Waals surface area contributed by atoms with Crippen molar-refractivity contribution in [2.45, 2.75) is 26.7 Å². The third-order valence-electron chi connectivity index (χ3n) is 3.85. The zero-order valence-electron chi connectivity index (χ0n) is 14.2. The topological polar surface area (TPSA) is 77.5 Å². The van der Waals surface area contributed by atoms with Gasteiger partial charge in [0.05, 0.1) is 18.8 Å². The Labute approximate surface area is 141 Å². The third-order valence-corrected chi connectivity index (χ3v) is 3.85. The number of nitrogens with zero attached hydrogens (tertiary/aromatic N) is 1. The van der Waals surface area contributed by atoms with E-state index in [4.69, 9.17) is 9.47 Å². The summed E-state index contributed by atoms with van der Waals surface area (Å²) in [6.07, 6.45) is 3.28. The van der Waals surface area contributed by atoms with Gasteiger partial charge in [-0.3, -0.25) is 9.78 Å². The van der Waals surface area contributed by atoms with Crippen molar-refractivity contribution >= 4 is 11.9 Å². The molecule has 128 valence electrons. The number of rotatable bonds is 5. The minimum atomic E-state index is -0.725. The Morgan fingerprint density at radius 1 is 1.29 bits per heavy atom. The lowest BCUT2D eigenvalue weighted by Crippen LogP contribution is -2.39. The lowest BCUT2D eigenvalue weighted by Gasteiger charge is -2.34. The summed E-state index contributed by atoms with van der Waals surface area (Å²) in [7, 11) is 0. The maximum atomic E-state index is 12.5. The highest BCUT2D eigenvalue weighted by Gasteiger charge is 2.43. The van der Waals surface area contributed by atoms with Gasteiger partial charge in [-0.25, -0.2) is 4.79 Å². The average Bonchev–Trinajstić information content (AvgIpc) is 2.55. The number of pyridine rings is 1. The van der Waals surface area contributed by atoms with Crippen molar-refractivity contribution in [2.75, 3.05) is 13.2 Å². The molecule has 0 radical (unpaired) electrons. The SMILES string of the molecule is C=C1NC(C)=C(C(=O)OCC)C(c2cccnc2)C1C(=O)OCC. The van der Waals surface area contributed by atoms with Crippen LogP contribution in [0.1, 0.15) is 32.3 Å². The Morgan fingerprint density at radius 2 is 2.00 bits per heavy atom. The first-order valence-corrected chi connectivity index (χ1v) is 7.91. The Balaban J connectivity index is 2.57. The third kappa shape index (κ3) is 3.48. The zero-order valence-corrected chi connectivity index (χ0v) is 14.2. The summed E-state index contributed by atoms with van der Waals surface area (Å²) in [5.74, 6) is -2.17. The fourth-order valence-corrected chi connectivity index (χ4v) is 2.91. The Hall–Kier alpha value is -2.63. The number of carbonyl (C=O) groups excluding carboxylic acids is 2. The van der Waals surface area contributed by atoms with Crippen molar-refractivity contribution < 1.29 is 19.1 Å². The Kier molecular flexibility index (Phi) is 5.73. The summed E-state index contributed by atoms with van der Waals surface area (Å²) in [6, 6.07) is 3.59. The summed E-state index contributed by atoms with van der Waals surface area (Å²) in [5.41, 5.74) is 2.25. The molecule has 1 aromatic rings. The average molecular weight is 330 g/mol. The number of ether oxygens (including phenoxy) is 2. The molecule has 0 saturated heterocycles. The number of allylic oxidation sites excluding steroid dienone is 1. The van der Waals surface area contributed by atoms with Crippen LogP contribution in [-0.2, 0) is 19.1 Å². The molecule has 2 atom stereocenters. The highest BCUT2D eigenvalue weighted by Crippen LogP contribution is 2.41. The van der Waals surface area contributed by atoms with Gasteiger partial charge in [0.25, 0.3) is 0 Å². The standard InChI is InChI=1S/C18H22N2O4/c1-5-23-17(21)14-11(3)20-12(4)15(18(22)24-6-2)16(14)13-8-7-9-19-10-13/h7-10,14,16,20H,3,5-6H2,1-2,4H3. The molecule has 1 aliphatic rings. The molecular formula is C18H22N2O4. The van der Waals surface area contributed by atoms with Crippen LogP contribution in [0.4, 0.5) is 0 Å². The van der Waals surface area contributed by atoms with Crippen molar-refractivity contribution in [3.63, 3.8) is 0 Å². The van der Waals surface area contributed by atoms with Gasteiger partial charge in [0.15, 0.2) is 0 Å². The van der Waals surface area contributed by atoms with E-state index in [1.54, 1.807) is 39.2 Å². The smallest absolute Gasteiger partial charge is 0.336 e. The van der Waals surface area contributed by atoms with E-state index in [9.17, 15) is 9.59 Å². The molecule has 0 spiro atoms. The highest BCUT2D eigenvalue weighted by atomic mass is 16.5. The molecule has 0 aromatic carbocycles. The maximum absolute atomic E-state index is 12.5. The minimum Gasteiger partial charge on any atom is -0.465 e. The van der Waals surface area contributed by atoms with E-state index >= 15 is 0 Å². The second-order valence-electron chi connectivity index (χ2n) is 5.40. The molecule has 0 saturated carbocycles.